The molecule has 1 aliphatic rings. The van der Waals surface area contributed by atoms with E-state index in [0.717, 1.165) is 39.0 Å². The van der Waals surface area contributed by atoms with E-state index in [-0.39, 0.29) is 18.2 Å². The van der Waals surface area contributed by atoms with Gasteiger partial charge in [-0.25, -0.2) is 10.2 Å². The molecule has 168 valence electrons. The van der Waals surface area contributed by atoms with Crippen LogP contribution >= 0.6 is 0 Å². The van der Waals surface area contributed by atoms with Gasteiger partial charge in [-0.15, -0.1) is 0 Å². The van der Waals surface area contributed by atoms with Gasteiger partial charge in [0.25, 0.3) is 0 Å². The molecule has 1 aliphatic carbocycles. The molecule has 0 fully saturated rings. The summed E-state index contributed by atoms with van der Waals surface area (Å²) in [5.74, 6) is -0.285. The zero-order valence-electron chi connectivity index (χ0n) is 19.2. The summed E-state index contributed by atoms with van der Waals surface area (Å²) in [5.41, 5.74) is 11.9. The molecule has 0 aromatic heterocycles. The van der Waals surface area contributed by atoms with Crippen molar-refractivity contribution in [2.75, 3.05) is 0 Å². The lowest BCUT2D eigenvalue weighted by Gasteiger charge is -2.27. The van der Waals surface area contributed by atoms with E-state index in [9.17, 15) is 9.59 Å². The molecule has 4 rings (SSSR count). The molecule has 3 N–H and O–H groups in total. The van der Waals surface area contributed by atoms with Crippen LogP contribution in [-0.4, -0.2) is 11.9 Å². The molecule has 3 amide bonds. The first-order valence-corrected chi connectivity index (χ1v) is 11.1. The molecule has 0 aliphatic heterocycles. The van der Waals surface area contributed by atoms with Crippen LogP contribution in [0, 0.1) is 0 Å². The molecule has 0 atom stereocenters. The SMILES string of the molecule is C=C(C)c1cccc(C(C)(C)NC(=O)NNC(=O)CC2c3ccccc3-c3ccccc32)c1. The van der Waals surface area contributed by atoms with Gasteiger partial charge >= 0.3 is 6.03 Å². The predicted octanol–water partition coefficient (Wildman–Crippen LogP) is 5.49. The molecule has 0 bridgehead atoms. The van der Waals surface area contributed by atoms with E-state index in [1.807, 2.05) is 69.3 Å². The normalized spacial score (nSPS) is 12.5. The maximum atomic E-state index is 12.7. The average molecular weight is 440 g/mol. The highest BCUT2D eigenvalue weighted by molar-refractivity contribution is 5.85. The summed E-state index contributed by atoms with van der Waals surface area (Å²) in [4.78, 5) is 25.2. The highest BCUT2D eigenvalue weighted by Gasteiger charge is 2.30. The van der Waals surface area contributed by atoms with Gasteiger partial charge in [-0.3, -0.25) is 10.2 Å². The summed E-state index contributed by atoms with van der Waals surface area (Å²) < 4.78 is 0. The van der Waals surface area contributed by atoms with Crippen LogP contribution < -0.4 is 16.2 Å². The third-order valence-corrected chi connectivity index (χ3v) is 6.17. The molecule has 5 nitrogen and oxygen atoms in total. The van der Waals surface area contributed by atoms with Crippen LogP contribution in [0.1, 0.15) is 55.4 Å². The van der Waals surface area contributed by atoms with E-state index < -0.39 is 11.6 Å². The molecular weight excluding hydrogens is 410 g/mol. The standard InChI is InChI=1S/C28H29N3O2/c1-18(2)19-10-9-11-20(16-19)28(3,4)29-27(33)31-30-26(32)17-25-23-14-7-5-12-21(23)22-13-6-8-15-24(22)25/h5-16,25H,1,17H2,2-4H3,(H,30,32)(H2,29,31,33). The van der Waals surface area contributed by atoms with Crippen LogP contribution in [0.25, 0.3) is 16.7 Å². The number of amides is 3. The molecule has 33 heavy (non-hydrogen) atoms. The number of rotatable bonds is 5. The Bertz CT molecular complexity index is 1180. The first-order chi connectivity index (χ1) is 15.8. The summed E-state index contributed by atoms with van der Waals surface area (Å²) in [6.45, 7) is 9.76. The van der Waals surface area contributed by atoms with Crippen molar-refractivity contribution in [2.24, 2.45) is 0 Å². The fraction of sp³-hybridized carbons (Fsp3) is 0.214. The van der Waals surface area contributed by atoms with E-state index in [1.54, 1.807) is 0 Å². The number of carbonyl (C=O) groups excluding carboxylic acids is 2. The van der Waals surface area contributed by atoms with Crippen LogP contribution in [0.3, 0.4) is 0 Å². The van der Waals surface area contributed by atoms with Gasteiger partial charge in [-0.2, -0.15) is 0 Å². The van der Waals surface area contributed by atoms with E-state index in [0.29, 0.717) is 0 Å². The minimum atomic E-state index is -0.635. The number of fused-ring (bicyclic) bond motifs is 3. The number of hydrazine groups is 1. The molecule has 0 saturated heterocycles. The van der Waals surface area contributed by atoms with Crippen LogP contribution in [0.4, 0.5) is 4.79 Å². The van der Waals surface area contributed by atoms with E-state index >= 15 is 0 Å². The Labute approximate surface area is 194 Å². The molecular formula is C28H29N3O2. The zero-order chi connectivity index (χ0) is 23.6. The van der Waals surface area contributed by atoms with E-state index in [2.05, 4.69) is 47.0 Å². The zero-order valence-corrected chi connectivity index (χ0v) is 19.2. The van der Waals surface area contributed by atoms with Crippen LogP contribution in [-0.2, 0) is 10.3 Å². The number of benzene rings is 3. The average Bonchev–Trinajstić information content (AvgIpc) is 3.11. The van der Waals surface area contributed by atoms with Gasteiger partial charge in [0.15, 0.2) is 0 Å². The summed E-state index contributed by atoms with van der Waals surface area (Å²) in [7, 11) is 0. The maximum Gasteiger partial charge on any atom is 0.334 e. The van der Waals surface area contributed by atoms with Gasteiger partial charge in [0.1, 0.15) is 0 Å². The minimum Gasteiger partial charge on any atom is -0.328 e. The Kier molecular flexibility index (Phi) is 6.05. The lowest BCUT2D eigenvalue weighted by molar-refractivity contribution is -0.122. The molecule has 5 heteroatoms. The summed E-state index contributed by atoms with van der Waals surface area (Å²) in [5, 5.41) is 2.92. The predicted molar refractivity (Wildman–Crippen MR) is 132 cm³/mol. The summed E-state index contributed by atoms with van der Waals surface area (Å²) >= 11 is 0. The van der Waals surface area contributed by atoms with Crippen molar-refractivity contribution in [1.82, 2.24) is 16.2 Å². The quantitative estimate of drug-likeness (QED) is 0.460. The fourth-order valence-corrected chi connectivity index (χ4v) is 4.40. The molecule has 3 aromatic carbocycles. The smallest absolute Gasteiger partial charge is 0.328 e. The van der Waals surface area contributed by atoms with Gasteiger partial charge in [0, 0.05) is 12.3 Å². The van der Waals surface area contributed by atoms with Crippen molar-refractivity contribution in [3.63, 3.8) is 0 Å². The number of carbonyl (C=O) groups is 2. The van der Waals surface area contributed by atoms with Crippen molar-refractivity contribution in [3.05, 3.63) is 102 Å². The van der Waals surface area contributed by atoms with Gasteiger partial charge in [0.05, 0.1) is 5.54 Å². The third-order valence-electron chi connectivity index (χ3n) is 6.17. The molecule has 3 aromatic rings. The van der Waals surface area contributed by atoms with Gasteiger partial charge in [-0.05, 0) is 60.2 Å². The van der Waals surface area contributed by atoms with Crippen LogP contribution in [0.15, 0.2) is 79.4 Å². The number of hydrogen-bond acceptors (Lipinski definition) is 2. The highest BCUT2D eigenvalue weighted by atomic mass is 16.2. The van der Waals surface area contributed by atoms with Crippen LogP contribution in [0.2, 0.25) is 0 Å². The number of urea groups is 1. The second-order valence-electron chi connectivity index (χ2n) is 9.04. The number of allylic oxidation sites excluding steroid dienone is 1. The van der Waals surface area contributed by atoms with Gasteiger partial charge in [0.2, 0.25) is 5.91 Å². The monoisotopic (exact) mass is 439 g/mol. The van der Waals surface area contributed by atoms with Gasteiger partial charge in [-0.1, -0.05) is 78.9 Å². The van der Waals surface area contributed by atoms with Gasteiger partial charge < -0.3 is 5.32 Å². The van der Waals surface area contributed by atoms with Crippen molar-refractivity contribution in [3.8, 4) is 11.1 Å². The third kappa shape index (κ3) is 4.67. The first-order valence-electron chi connectivity index (χ1n) is 11.1. The Morgan fingerprint density at radius 3 is 2.09 bits per heavy atom. The second kappa shape index (κ2) is 8.94. The van der Waals surface area contributed by atoms with E-state index in [4.69, 9.17) is 0 Å². The summed E-state index contributed by atoms with van der Waals surface area (Å²) in [6.07, 6.45) is 0.248. The molecule has 0 heterocycles. The lowest BCUT2D eigenvalue weighted by atomic mass is 9.92. The summed E-state index contributed by atoms with van der Waals surface area (Å²) in [6, 6.07) is 23.7. The Balaban J connectivity index is 1.38. The van der Waals surface area contributed by atoms with Crippen molar-refractivity contribution >= 4 is 17.5 Å². The molecule has 0 saturated carbocycles. The van der Waals surface area contributed by atoms with Crippen LogP contribution in [0.5, 0.6) is 0 Å². The Morgan fingerprint density at radius 1 is 0.879 bits per heavy atom. The maximum absolute atomic E-state index is 12.7. The number of nitrogens with one attached hydrogen (secondary N) is 3. The lowest BCUT2D eigenvalue weighted by Crippen LogP contribution is -2.52. The van der Waals surface area contributed by atoms with Crippen molar-refractivity contribution in [2.45, 2.75) is 38.6 Å². The Hall–Kier alpha value is -3.86. The first kappa shape index (κ1) is 22.3. The highest BCUT2D eigenvalue weighted by Crippen LogP contribution is 2.45. The second-order valence-corrected chi connectivity index (χ2v) is 9.04. The molecule has 0 radical (unpaired) electrons. The topological polar surface area (TPSA) is 70.2 Å². The number of hydrogen-bond donors (Lipinski definition) is 3. The van der Waals surface area contributed by atoms with Crippen molar-refractivity contribution in [1.29, 1.82) is 0 Å². The van der Waals surface area contributed by atoms with Crippen molar-refractivity contribution < 1.29 is 9.59 Å². The molecule has 0 spiro atoms. The minimum absolute atomic E-state index is 0.0383. The Morgan fingerprint density at radius 2 is 1.48 bits per heavy atom. The fourth-order valence-electron chi connectivity index (χ4n) is 4.40. The largest absolute Gasteiger partial charge is 0.334 e. The molecule has 0 unspecified atom stereocenters. The van der Waals surface area contributed by atoms with E-state index in [1.165, 1.54) is 0 Å².